The number of pyridine rings is 1. The molecule has 1 aromatic carbocycles. The third kappa shape index (κ3) is 3.02. The molecule has 2 N–H and O–H groups in total. The van der Waals surface area contributed by atoms with Gasteiger partial charge in [-0.05, 0) is 36.6 Å². The van der Waals surface area contributed by atoms with Crippen LogP contribution in [0.5, 0.6) is 5.75 Å². The molecule has 0 radical (unpaired) electrons. The molecule has 106 valence electrons. The molecule has 0 amide bonds. The second-order valence-electron chi connectivity index (χ2n) is 5.22. The fraction of sp³-hybridized carbons (Fsp3) is 0.312. The maximum absolute atomic E-state index is 9.80. The maximum Gasteiger partial charge on any atom is 0.121 e. The topological polar surface area (TPSA) is 48.4 Å². The number of anilines is 2. The van der Waals surface area contributed by atoms with Gasteiger partial charge < -0.3 is 15.3 Å². The number of phenols is 1. The Morgan fingerprint density at radius 1 is 1.20 bits per heavy atom. The lowest BCUT2D eigenvalue weighted by Gasteiger charge is -2.18. The monoisotopic (exact) mass is 271 g/mol. The molecular weight excluding hydrogens is 250 g/mol. The maximum atomic E-state index is 9.80. The van der Waals surface area contributed by atoms with Crippen LogP contribution in [0.2, 0.25) is 0 Å². The van der Waals surface area contributed by atoms with E-state index in [2.05, 4.69) is 15.2 Å². The summed E-state index contributed by atoms with van der Waals surface area (Å²) >= 11 is 0. The summed E-state index contributed by atoms with van der Waals surface area (Å²) in [6, 6.07) is 5.98. The summed E-state index contributed by atoms with van der Waals surface area (Å²) in [4.78, 5) is 6.21. The van der Waals surface area contributed by atoms with E-state index in [9.17, 15) is 5.11 Å². The van der Waals surface area contributed by atoms with E-state index in [1.54, 1.807) is 6.20 Å². The van der Waals surface area contributed by atoms with Gasteiger partial charge in [-0.15, -0.1) is 0 Å². The minimum Gasteiger partial charge on any atom is -0.507 e. The number of rotatable bonds is 4. The van der Waals surface area contributed by atoms with Crippen LogP contribution in [0.1, 0.15) is 16.7 Å². The van der Waals surface area contributed by atoms with Crippen molar-refractivity contribution in [2.75, 3.05) is 24.3 Å². The van der Waals surface area contributed by atoms with Gasteiger partial charge in [0.1, 0.15) is 5.75 Å². The average molecular weight is 271 g/mol. The molecule has 4 nitrogen and oxygen atoms in total. The molecule has 2 aromatic rings. The van der Waals surface area contributed by atoms with Crippen molar-refractivity contribution in [2.45, 2.75) is 20.4 Å². The van der Waals surface area contributed by atoms with Gasteiger partial charge in [-0.1, -0.05) is 12.1 Å². The summed E-state index contributed by atoms with van der Waals surface area (Å²) in [7, 11) is 4.02. The molecule has 0 saturated heterocycles. The molecule has 4 heteroatoms. The van der Waals surface area contributed by atoms with Crippen molar-refractivity contribution in [3.63, 3.8) is 0 Å². The highest BCUT2D eigenvalue weighted by Gasteiger charge is 2.06. The van der Waals surface area contributed by atoms with Crippen molar-refractivity contribution >= 4 is 11.4 Å². The lowest BCUT2D eigenvalue weighted by Crippen LogP contribution is -2.12. The van der Waals surface area contributed by atoms with Gasteiger partial charge >= 0.3 is 0 Å². The normalized spacial score (nSPS) is 10.4. The number of aromatic nitrogens is 1. The molecule has 0 unspecified atom stereocenters. The van der Waals surface area contributed by atoms with Gasteiger partial charge in [-0.2, -0.15) is 0 Å². The molecule has 1 heterocycles. The van der Waals surface area contributed by atoms with E-state index in [0.29, 0.717) is 12.3 Å². The third-order valence-electron chi connectivity index (χ3n) is 3.31. The summed E-state index contributed by atoms with van der Waals surface area (Å²) < 4.78 is 0. The third-order valence-corrected chi connectivity index (χ3v) is 3.31. The van der Waals surface area contributed by atoms with Gasteiger partial charge in [0.05, 0.1) is 17.6 Å². The smallest absolute Gasteiger partial charge is 0.121 e. The first kappa shape index (κ1) is 14.2. The van der Waals surface area contributed by atoms with Gasteiger partial charge in [0.15, 0.2) is 0 Å². The number of hydrogen-bond acceptors (Lipinski definition) is 4. The molecule has 0 aliphatic carbocycles. The van der Waals surface area contributed by atoms with Crippen molar-refractivity contribution in [3.05, 3.63) is 47.3 Å². The SMILES string of the molecule is Cc1cc(CNc2cnccc2N(C)C)cc(C)c1O. The molecule has 0 spiro atoms. The fourth-order valence-corrected chi connectivity index (χ4v) is 2.26. The molecule has 0 fully saturated rings. The number of aryl methyl sites for hydroxylation is 2. The quantitative estimate of drug-likeness (QED) is 0.897. The standard InChI is InChI=1S/C16H21N3O/c1-11-7-13(8-12(2)16(11)20)9-18-14-10-17-6-5-15(14)19(3)4/h5-8,10,18,20H,9H2,1-4H3. The first-order valence-corrected chi connectivity index (χ1v) is 6.63. The van der Waals surface area contributed by atoms with Crippen LogP contribution in [-0.4, -0.2) is 24.2 Å². The molecular formula is C16H21N3O. The van der Waals surface area contributed by atoms with Crippen molar-refractivity contribution in [2.24, 2.45) is 0 Å². The van der Waals surface area contributed by atoms with Crippen molar-refractivity contribution in [1.82, 2.24) is 4.98 Å². The zero-order valence-electron chi connectivity index (χ0n) is 12.4. The largest absolute Gasteiger partial charge is 0.507 e. The van der Waals surface area contributed by atoms with Crippen LogP contribution in [0.15, 0.2) is 30.6 Å². The first-order chi connectivity index (χ1) is 9.49. The minimum absolute atomic E-state index is 0.379. The molecule has 0 aliphatic rings. The second-order valence-corrected chi connectivity index (χ2v) is 5.22. The number of aromatic hydroxyl groups is 1. The summed E-state index contributed by atoms with van der Waals surface area (Å²) in [6.45, 7) is 4.54. The molecule has 1 aromatic heterocycles. The fourth-order valence-electron chi connectivity index (χ4n) is 2.26. The summed E-state index contributed by atoms with van der Waals surface area (Å²) in [5.41, 5.74) is 5.06. The Morgan fingerprint density at radius 2 is 1.85 bits per heavy atom. The van der Waals surface area contributed by atoms with E-state index in [4.69, 9.17) is 0 Å². The Hall–Kier alpha value is -2.23. The van der Waals surface area contributed by atoms with Crippen LogP contribution < -0.4 is 10.2 Å². The van der Waals surface area contributed by atoms with E-state index in [1.807, 2.05) is 52.3 Å². The van der Waals surface area contributed by atoms with Crippen LogP contribution >= 0.6 is 0 Å². The predicted molar refractivity (Wildman–Crippen MR) is 83.5 cm³/mol. The Balaban J connectivity index is 2.17. The van der Waals surface area contributed by atoms with Crippen LogP contribution in [0.3, 0.4) is 0 Å². The first-order valence-electron chi connectivity index (χ1n) is 6.63. The lowest BCUT2D eigenvalue weighted by atomic mass is 10.1. The van der Waals surface area contributed by atoms with Crippen LogP contribution in [0, 0.1) is 13.8 Å². The summed E-state index contributed by atoms with van der Waals surface area (Å²) in [5, 5.41) is 13.2. The van der Waals surface area contributed by atoms with Crippen LogP contribution in [0.4, 0.5) is 11.4 Å². The predicted octanol–water partition coefficient (Wildman–Crippen LogP) is 3.08. The molecule has 0 atom stereocenters. The highest BCUT2D eigenvalue weighted by molar-refractivity contribution is 5.68. The number of hydrogen-bond donors (Lipinski definition) is 2. The summed E-state index contributed by atoms with van der Waals surface area (Å²) in [6.07, 6.45) is 3.62. The van der Waals surface area contributed by atoms with Gasteiger partial charge in [0.25, 0.3) is 0 Å². The van der Waals surface area contributed by atoms with Gasteiger partial charge in [-0.3, -0.25) is 4.98 Å². The Morgan fingerprint density at radius 3 is 2.45 bits per heavy atom. The molecule has 2 rings (SSSR count). The zero-order valence-corrected chi connectivity index (χ0v) is 12.4. The van der Waals surface area contributed by atoms with Crippen molar-refractivity contribution in [3.8, 4) is 5.75 Å². The molecule has 0 aliphatic heterocycles. The van der Waals surface area contributed by atoms with Crippen molar-refractivity contribution < 1.29 is 5.11 Å². The second kappa shape index (κ2) is 5.82. The number of nitrogens with one attached hydrogen (secondary N) is 1. The van der Waals surface area contributed by atoms with E-state index in [-0.39, 0.29) is 0 Å². The van der Waals surface area contributed by atoms with Gasteiger partial charge in [0.2, 0.25) is 0 Å². The average Bonchev–Trinajstić information content (AvgIpc) is 2.42. The van der Waals surface area contributed by atoms with Crippen LogP contribution in [-0.2, 0) is 6.54 Å². The molecule has 0 saturated carbocycles. The Bertz CT molecular complexity index is 585. The molecule has 20 heavy (non-hydrogen) atoms. The van der Waals surface area contributed by atoms with E-state index >= 15 is 0 Å². The highest BCUT2D eigenvalue weighted by Crippen LogP contribution is 2.25. The number of benzene rings is 1. The Labute approximate surface area is 120 Å². The van der Waals surface area contributed by atoms with E-state index < -0.39 is 0 Å². The minimum atomic E-state index is 0.379. The van der Waals surface area contributed by atoms with E-state index in [0.717, 1.165) is 28.1 Å². The van der Waals surface area contributed by atoms with Crippen LogP contribution in [0.25, 0.3) is 0 Å². The molecule has 0 bridgehead atoms. The number of phenolic OH excluding ortho intramolecular Hbond substituents is 1. The number of nitrogens with zero attached hydrogens (tertiary/aromatic N) is 2. The van der Waals surface area contributed by atoms with E-state index in [1.165, 1.54) is 0 Å². The van der Waals surface area contributed by atoms with Gasteiger partial charge in [0, 0.05) is 26.8 Å². The lowest BCUT2D eigenvalue weighted by molar-refractivity contribution is 0.466. The van der Waals surface area contributed by atoms with Crippen molar-refractivity contribution in [1.29, 1.82) is 0 Å². The Kier molecular flexibility index (Phi) is 4.13. The summed E-state index contributed by atoms with van der Waals surface area (Å²) in [5.74, 6) is 0.379. The zero-order chi connectivity index (χ0) is 14.7. The van der Waals surface area contributed by atoms with Gasteiger partial charge in [-0.25, -0.2) is 0 Å². The highest BCUT2D eigenvalue weighted by atomic mass is 16.3.